The summed E-state index contributed by atoms with van der Waals surface area (Å²) < 4.78 is 20.9. The Morgan fingerprint density at radius 1 is 1.22 bits per heavy atom. The Bertz CT molecular complexity index is 1170. The van der Waals surface area contributed by atoms with Crippen LogP contribution in [0.15, 0.2) is 48.8 Å². The third kappa shape index (κ3) is 6.13. The Kier molecular flexibility index (Phi) is 8.75. The predicted octanol–water partition coefficient (Wildman–Crippen LogP) is 6.27. The second-order valence-electron chi connectivity index (χ2n) is 9.61. The molecule has 0 bridgehead atoms. The van der Waals surface area contributed by atoms with E-state index in [1.165, 1.54) is 6.20 Å². The van der Waals surface area contributed by atoms with Gasteiger partial charge in [-0.15, -0.1) is 0 Å². The summed E-state index contributed by atoms with van der Waals surface area (Å²) in [5.41, 5.74) is 1.16. The highest BCUT2D eigenvalue weighted by molar-refractivity contribution is 6.32. The van der Waals surface area contributed by atoms with Gasteiger partial charge in [0.2, 0.25) is 0 Å². The van der Waals surface area contributed by atoms with Gasteiger partial charge in [0.05, 0.1) is 23.1 Å². The molecule has 4 rings (SSSR count). The van der Waals surface area contributed by atoms with Gasteiger partial charge in [-0.1, -0.05) is 17.7 Å². The van der Waals surface area contributed by atoms with Gasteiger partial charge in [-0.25, -0.2) is 4.39 Å². The predicted molar refractivity (Wildman–Crippen MR) is 139 cm³/mol. The summed E-state index contributed by atoms with van der Waals surface area (Å²) in [5.74, 6) is -0.244. The van der Waals surface area contributed by atoms with E-state index in [4.69, 9.17) is 16.3 Å². The molecule has 8 heteroatoms. The molecular formula is C28H33ClFN3O3. The van der Waals surface area contributed by atoms with Crippen molar-refractivity contribution in [3.8, 4) is 5.75 Å². The minimum atomic E-state index is -1.39. The number of unbranched alkanes of at least 4 members (excludes halogenated alkanes) is 1. The van der Waals surface area contributed by atoms with Crippen LogP contribution in [0.3, 0.4) is 0 Å². The number of methoxy groups -OCH3 is 1. The number of ether oxygens (including phenoxy) is 1. The molecule has 1 aliphatic rings. The smallest absolute Gasteiger partial charge is 0.309 e. The molecule has 0 radical (unpaired) electrons. The maximum atomic E-state index is 15.6. The number of benzene rings is 1. The number of hydrogen-bond donors (Lipinski definition) is 1. The number of alkyl halides is 1. The van der Waals surface area contributed by atoms with Gasteiger partial charge in [-0.05, 0) is 94.9 Å². The fourth-order valence-corrected chi connectivity index (χ4v) is 5.39. The molecule has 6 nitrogen and oxygen atoms in total. The summed E-state index contributed by atoms with van der Waals surface area (Å²) in [6.07, 6.45) is 6.31. The van der Waals surface area contributed by atoms with Gasteiger partial charge in [-0.3, -0.25) is 14.8 Å². The van der Waals surface area contributed by atoms with Gasteiger partial charge >= 0.3 is 5.97 Å². The van der Waals surface area contributed by atoms with Crippen molar-refractivity contribution in [2.24, 2.45) is 5.41 Å². The lowest BCUT2D eigenvalue weighted by molar-refractivity contribution is -0.153. The summed E-state index contributed by atoms with van der Waals surface area (Å²) in [5, 5.41) is 10.9. The van der Waals surface area contributed by atoms with E-state index in [0.717, 1.165) is 31.5 Å². The maximum absolute atomic E-state index is 15.6. The van der Waals surface area contributed by atoms with Gasteiger partial charge < -0.3 is 14.7 Å². The number of carboxylic acid groups (broad SMARTS) is 1. The van der Waals surface area contributed by atoms with Crippen LogP contribution in [0.25, 0.3) is 10.9 Å². The van der Waals surface area contributed by atoms with Crippen LogP contribution < -0.4 is 4.74 Å². The van der Waals surface area contributed by atoms with Crippen molar-refractivity contribution >= 4 is 28.5 Å². The van der Waals surface area contributed by atoms with E-state index < -0.39 is 17.6 Å². The van der Waals surface area contributed by atoms with E-state index in [0.29, 0.717) is 48.1 Å². The largest absolute Gasteiger partial charge is 0.497 e. The summed E-state index contributed by atoms with van der Waals surface area (Å²) in [6, 6.07) is 11.2. The lowest BCUT2D eigenvalue weighted by Gasteiger charge is -2.39. The van der Waals surface area contributed by atoms with Gasteiger partial charge in [0.15, 0.2) is 0 Å². The highest BCUT2D eigenvalue weighted by atomic mass is 35.5. The number of nitrogens with zero attached hydrogens (tertiary/aromatic N) is 3. The monoisotopic (exact) mass is 513 g/mol. The average molecular weight is 514 g/mol. The van der Waals surface area contributed by atoms with Crippen molar-refractivity contribution in [3.63, 3.8) is 0 Å². The summed E-state index contributed by atoms with van der Waals surface area (Å²) >= 11 is 6.36. The molecule has 1 atom stereocenters. The second kappa shape index (κ2) is 12.0. The van der Waals surface area contributed by atoms with Crippen molar-refractivity contribution < 1.29 is 19.0 Å². The van der Waals surface area contributed by atoms with E-state index >= 15 is 4.39 Å². The molecule has 2 aromatic heterocycles. The molecule has 36 heavy (non-hydrogen) atoms. The zero-order chi connectivity index (χ0) is 25.5. The first-order valence-electron chi connectivity index (χ1n) is 12.5. The number of carbonyl (C=O) groups is 1. The van der Waals surface area contributed by atoms with E-state index in [9.17, 15) is 9.90 Å². The number of fused-ring (bicyclic) bond motifs is 1. The van der Waals surface area contributed by atoms with E-state index in [2.05, 4.69) is 14.9 Å². The number of likely N-dealkylation sites (tertiary alicyclic amines) is 1. The van der Waals surface area contributed by atoms with Crippen LogP contribution in [-0.2, 0) is 11.2 Å². The molecule has 192 valence electrons. The lowest BCUT2D eigenvalue weighted by Crippen LogP contribution is -2.44. The minimum absolute atomic E-state index is 0.0897. The highest BCUT2D eigenvalue weighted by Gasteiger charge is 2.41. The Balaban J connectivity index is 1.34. The standard InChI is InChI=1S/C28H33ClFN3O3/c1-36-21-8-9-25-22(18-21)26(23(29)19-32-25)24(30)10-11-28(27(34)35)12-16-33(17-13-28)15-5-3-7-20-6-2-4-14-31-20/h2,4,6,8-9,14,18-19,24H,3,5,7,10-13,15-17H2,1H3,(H,34,35). The van der Waals surface area contributed by atoms with Crippen LogP contribution in [0.2, 0.25) is 5.02 Å². The van der Waals surface area contributed by atoms with Crippen molar-refractivity contribution in [1.29, 1.82) is 0 Å². The Labute approximate surface area is 216 Å². The molecule has 1 aromatic carbocycles. The number of carboxylic acids is 1. The van der Waals surface area contributed by atoms with Crippen LogP contribution in [0.1, 0.15) is 56.0 Å². The molecular weight excluding hydrogens is 481 g/mol. The molecule has 1 fully saturated rings. The SMILES string of the molecule is COc1ccc2ncc(Cl)c(C(F)CCC3(C(=O)O)CCN(CCCCc4ccccn4)CC3)c2c1. The number of piperidine rings is 1. The number of hydrogen-bond acceptors (Lipinski definition) is 5. The minimum Gasteiger partial charge on any atom is -0.497 e. The topological polar surface area (TPSA) is 75.6 Å². The van der Waals surface area contributed by atoms with Gasteiger partial charge in [0.1, 0.15) is 11.9 Å². The zero-order valence-corrected chi connectivity index (χ0v) is 21.4. The van der Waals surface area contributed by atoms with Gasteiger partial charge in [0.25, 0.3) is 0 Å². The van der Waals surface area contributed by atoms with Gasteiger partial charge in [0, 0.05) is 29.0 Å². The quantitative estimate of drug-likeness (QED) is 0.304. The number of rotatable bonds is 11. The molecule has 0 saturated carbocycles. The van der Waals surface area contributed by atoms with Crippen LogP contribution in [0.4, 0.5) is 4.39 Å². The number of pyridine rings is 2. The molecule has 0 amide bonds. The Morgan fingerprint density at radius 3 is 2.72 bits per heavy atom. The first-order chi connectivity index (χ1) is 17.4. The molecule has 0 aliphatic carbocycles. The van der Waals surface area contributed by atoms with Crippen molar-refractivity contribution in [3.05, 3.63) is 65.1 Å². The molecule has 1 N–H and O–H groups in total. The van der Waals surface area contributed by atoms with Crippen LogP contribution >= 0.6 is 11.6 Å². The van der Waals surface area contributed by atoms with Crippen molar-refractivity contribution in [2.75, 3.05) is 26.7 Å². The molecule has 1 aliphatic heterocycles. The average Bonchev–Trinajstić information content (AvgIpc) is 2.90. The molecule has 0 spiro atoms. The number of aliphatic carboxylic acids is 1. The molecule has 1 unspecified atom stereocenters. The lowest BCUT2D eigenvalue weighted by atomic mass is 9.74. The first-order valence-corrected chi connectivity index (χ1v) is 12.9. The summed E-state index contributed by atoms with van der Waals surface area (Å²) in [4.78, 5) is 23.3. The number of aromatic nitrogens is 2. The Hall–Kier alpha value is -2.77. The van der Waals surface area contributed by atoms with Crippen molar-refractivity contribution in [2.45, 2.75) is 51.1 Å². The maximum Gasteiger partial charge on any atom is 0.309 e. The van der Waals surface area contributed by atoms with Crippen molar-refractivity contribution in [1.82, 2.24) is 14.9 Å². The van der Waals surface area contributed by atoms with Gasteiger partial charge in [-0.2, -0.15) is 0 Å². The fourth-order valence-electron chi connectivity index (χ4n) is 5.12. The summed E-state index contributed by atoms with van der Waals surface area (Å²) in [6.45, 7) is 2.36. The fraction of sp³-hybridized carbons (Fsp3) is 0.464. The van der Waals surface area contributed by atoms with E-state index in [-0.39, 0.29) is 17.9 Å². The number of aryl methyl sites for hydroxylation is 1. The van der Waals surface area contributed by atoms with E-state index in [1.54, 1.807) is 25.3 Å². The third-order valence-corrected chi connectivity index (χ3v) is 7.71. The Morgan fingerprint density at radius 2 is 2.03 bits per heavy atom. The zero-order valence-electron chi connectivity index (χ0n) is 20.6. The molecule has 3 aromatic rings. The highest BCUT2D eigenvalue weighted by Crippen LogP contribution is 2.42. The molecule has 3 heterocycles. The van der Waals surface area contributed by atoms with E-state index in [1.807, 2.05) is 24.4 Å². The van der Waals surface area contributed by atoms with Crippen LogP contribution in [0.5, 0.6) is 5.75 Å². The van der Waals surface area contributed by atoms with Crippen LogP contribution in [0, 0.1) is 5.41 Å². The normalized spacial score (nSPS) is 16.6. The summed E-state index contributed by atoms with van der Waals surface area (Å²) in [7, 11) is 1.55. The molecule has 1 saturated heterocycles. The first kappa shape index (κ1) is 26.3. The van der Waals surface area contributed by atoms with Crippen LogP contribution in [-0.4, -0.2) is 52.7 Å². The second-order valence-corrected chi connectivity index (χ2v) is 10.0. The number of halogens is 2. The third-order valence-electron chi connectivity index (χ3n) is 7.41.